The lowest BCUT2D eigenvalue weighted by molar-refractivity contribution is 0.446. The van der Waals surface area contributed by atoms with Gasteiger partial charge in [0.1, 0.15) is 0 Å². The molecule has 0 bridgehead atoms. The first-order valence-corrected chi connectivity index (χ1v) is 7.93. The van der Waals surface area contributed by atoms with Gasteiger partial charge < -0.3 is 5.32 Å². The summed E-state index contributed by atoms with van der Waals surface area (Å²) in [6.45, 7) is 2.40. The van der Waals surface area contributed by atoms with Crippen molar-refractivity contribution in [2.24, 2.45) is 5.92 Å². The fraction of sp³-hybridized carbons (Fsp3) is 0.600. The highest BCUT2D eigenvalue weighted by Gasteiger charge is 2.12. The van der Waals surface area contributed by atoms with Crippen LogP contribution in [0, 0.1) is 5.92 Å². The molecular formula is C15H23NS. The molecule has 1 aromatic rings. The third-order valence-electron chi connectivity index (χ3n) is 3.44. The van der Waals surface area contributed by atoms with Crippen LogP contribution in [0.4, 0.5) is 0 Å². The zero-order valence-electron chi connectivity index (χ0n) is 10.5. The average molecular weight is 249 g/mol. The van der Waals surface area contributed by atoms with Crippen molar-refractivity contribution in [3.63, 3.8) is 0 Å². The highest BCUT2D eigenvalue weighted by molar-refractivity contribution is 7.99. The fourth-order valence-corrected chi connectivity index (χ4v) is 3.52. The minimum absolute atomic E-state index is 0.938. The van der Waals surface area contributed by atoms with E-state index in [-0.39, 0.29) is 0 Å². The maximum Gasteiger partial charge on any atom is -0.00199 e. The second-order valence-corrected chi connectivity index (χ2v) is 6.07. The zero-order valence-corrected chi connectivity index (χ0v) is 11.3. The van der Waals surface area contributed by atoms with Gasteiger partial charge in [-0.05, 0) is 61.8 Å². The molecule has 1 saturated heterocycles. The Morgan fingerprint density at radius 2 is 1.88 bits per heavy atom. The topological polar surface area (TPSA) is 12.0 Å². The maximum atomic E-state index is 3.62. The molecule has 0 atom stereocenters. The van der Waals surface area contributed by atoms with Gasteiger partial charge in [0.05, 0.1) is 0 Å². The maximum absolute atomic E-state index is 3.62. The van der Waals surface area contributed by atoms with Gasteiger partial charge in [-0.25, -0.2) is 0 Å². The fourth-order valence-electron chi connectivity index (χ4n) is 2.32. The molecule has 1 aliphatic rings. The van der Waals surface area contributed by atoms with E-state index in [1.54, 1.807) is 0 Å². The normalized spacial score (nSPS) is 17.2. The number of thioether (sulfide) groups is 1. The molecular weight excluding hydrogens is 226 g/mol. The van der Waals surface area contributed by atoms with E-state index in [2.05, 4.69) is 47.4 Å². The summed E-state index contributed by atoms with van der Waals surface area (Å²) in [5.41, 5.74) is 1.46. The van der Waals surface area contributed by atoms with Gasteiger partial charge in [0.2, 0.25) is 0 Å². The zero-order chi connectivity index (χ0) is 11.8. The summed E-state index contributed by atoms with van der Waals surface area (Å²) in [6.07, 6.45) is 5.28. The Morgan fingerprint density at radius 1 is 1.12 bits per heavy atom. The van der Waals surface area contributed by atoms with Crippen LogP contribution in [0.1, 0.15) is 24.8 Å². The molecule has 0 radical (unpaired) electrons. The molecule has 1 heterocycles. The lowest BCUT2D eigenvalue weighted by Crippen LogP contribution is -2.26. The van der Waals surface area contributed by atoms with Gasteiger partial charge in [-0.3, -0.25) is 0 Å². The van der Waals surface area contributed by atoms with Gasteiger partial charge >= 0.3 is 0 Å². The van der Waals surface area contributed by atoms with Crippen molar-refractivity contribution in [2.45, 2.75) is 25.7 Å². The monoisotopic (exact) mass is 249 g/mol. The Hall–Kier alpha value is -0.470. The molecule has 2 rings (SSSR count). The molecule has 0 aliphatic carbocycles. The van der Waals surface area contributed by atoms with Crippen molar-refractivity contribution in [3.8, 4) is 0 Å². The van der Waals surface area contributed by atoms with Crippen molar-refractivity contribution in [2.75, 3.05) is 24.6 Å². The van der Waals surface area contributed by atoms with Crippen LogP contribution >= 0.6 is 11.8 Å². The molecule has 1 aromatic carbocycles. The molecule has 1 N–H and O–H groups in total. The SMILES string of the molecule is c1ccc(CCCNCC2CCSCC2)cc1. The van der Waals surface area contributed by atoms with Crippen LogP contribution < -0.4 is 5.32 Å². The second kappa shape index (κ2) is 7.78. The van der Waals surface area contributed by atoms with E-state index >= 15 is 0 Å². The van der Waals surface area contributed by atoms with Crippen molar-refractivity contribution in [1.82, 2.24) is 5.32 Å². The molecule has 0 amide bonds. The molecule has 0 spiro atoms. The molecule has 0 aromatic heterocycles. The minimum atomic E-state index is 0.938. The Balaban J connectivity index is 1.51. The van der Waals surface area contributed by atoms with Gasteiger partial charge in [0.25, 0.3) is 0 Å². The molecule has 17 heavy (non-hydrogen) atoms. The largest absolute Gasteiger partial charge is 0.316 e. The number of rotatable bonds is 6. The second-order valence-electron chi connectivity index (χ2n) is 4.85. The lowest BCUT2D eigenvalue weighted by atomic mass is 10.0. The predicted octanol–water partition coefficient (Wildman–Crippen LogP) is 3.35. The number of benzene rings is 1. The smallest absolute Gasteiger partial charge is 0.00199 e. The van der Waals surface area contributed by atoms with Crippen LogP contribution in [0.5, 0.6) is 0 Å². The summed E-state index contributed by atoms with van der Waals surface area (Å²) in [4.78, 5) is 0. The van der Waals surface area contributed by atoms with Crippen molar-refractivity contribution >= 4 is 11.8 Å². The van der Waals surface area contributed by atoms with Crippen molar-refractivity contribution < 1.29 is 0 Å². The van der Waals surface area contributed by atoms with Crippen LogP contribution in [0.3, 0.4) is 0 Å². The summed E-state index contributed by atoms with van der Waals surface area (Å²) in [6, 6.07) is 10.8. The Kier molecular flexibility index (Phi) is 5.94. The third kappa shape index (κ3) is 5.13. The van der Waals surface area contributed by atoms with E-state index in [4.69, 9.17) is 0 Å². The van der Waals surface area contributed by atoms with Gasteiger partial charge in [0.15, 0.2) is 0 Å². The number of hydrogen-bond donors (Lipinski definition) is 1. The Bertz CT molecular complexity index is 293. The number of nitrogens with one attached hydrogen (secondary N) is 1. The van der Waals surface area contributed by atoms with E-state index in [9.17, 15) is 0 Å². The number of hydrogen-bond acceptors (Lipinski definition) is 2. The minimum Gasteiger partial charge on any atom is -0.316 e. The molecule has 0 saturated carbocycles. The highest BCUT2D eigenvalue weighted by Crippen LogP contribution is 2.21. The lowest BCUT2D eigenvalue weighted by Gasteiger charge is -2.21. The van der Waals surface area contributed by atoms with E-state index in [0.29, 0.717) is 0 Å². The summed E-state index contributed by atoms with van der Waals surface area (Å²) < 4.78 is 0. The highest BCUT2D eigenvalue weighted by atomic mass is 32.2. The van der Waals surface area contributed by atoms with Crippen LogP contribution in [-0.2, 0) is 6.42 Å². The van der Waals surface area contributed by atoms with Gasteiger partial charge in [-0.2, -0.15) is 11.8 Å². The van der Waals surface area contributed by atoms with Crippen LogP contribution in [-0.4, -0.2) is 24.6 Å². The summed E-state index contributed by atoms with van der Waals surface area (Å²) in [7, 11) is 0. The first kappa shape index (κ1) is 13.0. The first-order chi connectivity index (χ1) is 8.45. The summed E-state index contributed by atoms with van der Waals surface area (Å²) in [5.74, 6) is 3.68. The average Bonchev–Trinajstić information content (AvgIpc) is 2.41. The van der Waals surface area contributed by atoms with Gasteiger partial charge in [-0.1, -0.05) is 30.3 Å². The predicted molar refractivity (Wildman–Crippen MR) is 77.7 cm³/mol. The Labute approximate surface area is 109 Å². The quantitative estimate of drug-likeness (QED) is 0.776. The molecule has 1 nitrogen and oxygen atoms in total. The molecule has 1 aliphatic heterocycles. The molecule has 1 fully saturated rings. The van der Waals surface area contributed by atoms with E-state index in [0.717, 1.165) is 5.92 Å². The summed E-state index contributed by atoms with van der Waals surface area (Å²) >= 11 is 2.11. The van der Waals surface area contributed by atoms with Gasteiger partial charge in [0, 0.05) is 0 Å². The number of aryl methyl sites for hydroxylation is 1. The van der Waals surface area contributed by atoms with Crippen LogP contribution in [0.25, 0.3) is 0 Å². The molecule has 94 valence electrons. The standard InChI is InChI=1S/C15H23NS/c1-2-5-14(6-3-1)7-4-10-16-13-15-8-11-17-12-9-15/h1-3,5-6,15-16H,4,7-13H2. The third-order valence-corrected chi connectivity index (χ3v) is 4.48. The van der Waals surface area contributed by atoms with Gasteiger partial charge in [-0.15, -0.1) is 0 Å². The van der Waals surface area contributed by atoms with Crippen molar-refractivity contribution in [1.29, 1.82) is 0 Å². The molecule has 2 heteroatoms. The summed E-state index contributed by atoms with van der Waals surface area (Å²) in [5, 5.41) is 3.62. The molecule has 0 unspecified atom stereocenters. The van der Waals surface area contributed by atoms with Crippen LogP contribution in [0.2, 0.25) is 0 Å². The first-order valence-electron chi connectivity index (χ1n) is 6.77. The van der Waals surface area contributed by atoms with E-state index in [1.807, 2.05) is 0 Å². The van der Waals surface area contributed by atoms with Crippen molar-refractivity contribution in [3.05, 3.63) is 35.9 Å². The van der Waals surface area contributed by atoms with E-state index in [1.165, 1.54) is 55.8 Å². The van der Waals surface area contributed by atoms with E-state index < -0.39 is 0 Å². The Morgan fingerprint density at radius 3 is 2.65 bits per heavy atom. The van der Waals surface area contributed by atoms with Crippen LogP contribution in [0.15, 0.2) is 30.3 Å².